The monoisotopic (exact) mass is 245 g/mol. The molecule has 0 bridgehead atoms. The van der Waals surface area contributed by atoms with Crippen molar-refractivity contribution >= 4 is 0 Å². The van der Waals surface area contributed by atoms with Gasteiger partial charge in [0.25, 0.3) is 0 Å². The third-order valence-corrected chi connectivity index (χ3v) is 3.12. The summed E-state index contributed by atoms with van der Waals surface area (Å²) >= 11 is 0. The zero-order chi connectivity index (χ0) is 13.0. The van der Waals surface area contributed by atoms with Gasteiger partial charge in [-0.05, 0) is 24.6 Å². The van der Waals surface area contributed by atoms with E-state index in [-0.39, 0.29) is 0 Å². The molecule has 0 saturated carbocycles. The van der Waals surface area contributed by atoms with E-state index in [1.807, 2.05) is 36.1 Å². The number of rotatable bonds is 5. The molecule has 0 saturated heterocycles. The molecule has 4 heteroatoms. The lowest BCUT2D eigenvalue weighted by Gasteiger charge is -2.06. The lowest BCUT2D eigenvalue weighted by Crippen LogP contribution is -2.13. The highest BCUT2D eigenvalue weighted by Gasteiger charge is 2.03. The van der Waals surface area contributed by atoms with E-state index in [1.165, 1.54) is 16.8 Å². The minimum Gasteiger partial charge on any atom is -0.497 e. The second-order valence-electron chi connectivity index (χ2n) is 4.33. The van der Waals surface area contributed by atoms with Gasteiger partial charge in [0.1, 0.15) is 5.75 Å². The highest BCUT2D eigenvalue weighted by Crippen LogP contribution is 2.12. The number of methoxy groups -OCH3 is 1. The average Bonchev–Trinajstić information content (AvgIpc) is 2.71. The van der Waals surface area contributed by atoms with Gasteiger partial charge in [-0.15, -0.1) is 0 Å². The first-order chi connectivity index (χ1) is 8.70. The molecule has 1 aromatic heterocycles. The van der Waals surface area contributed by atoms with Crippen LogP contribution in [0.2, 0.25) is 0 Å². The summed E-state index contributed by atoms with van der Waals surface area (Å²) < 4.78 is 7.09. The van der Waals surface area contributed by atoms with Crippen LogP contribution in [0, 0.1) is 6.92 Å². The first-order valence-electron chi connectivity index (χ1n) is 6.02. The Morgan fingerprint density at radius 1 is 1.33 bits per heavy atom. The van der Waals surface area contributed by atoms with Gasteiger partial charge < -0.3 is 10.1 Å². The molecule has 0 unspecified atom stereocenters. The topological polar surface area (TPSA) is 39.1 Å². The molecule has 2 rings (SSSR count). The van der Waals surface area contributed by atoms with E-state index in [9.17, 15) is 0 Å². The van der Waals surface area contributed by atoms with E-state index in [0.29, 0.717) is 0 Å². The summed E-state index contributed by atoms with van der Waals surface area (Å²) in [5, 5.41) is 7.64. The maximum atomic E-state index is 5.20. The number of nitrogens with zero attached hydrogens (tertiary/aromatic N) is 2. The van der Waals surface area contributed by atoms with Gasteiger partial charge in [-0.1, -0.05) is 12.1 Å². The molecule has 1 heterocycles. The Morgan fingerprint density at radius 3 is 2.83 bits per heavy atom. The van der Waals surface area contributed by atoms with Gasteiger partial charge in [-0.2, -0.15) is 5.10 Å². The molecule has 1 aromatic carbocycles. The van der Waals surface area contributed by atoms with Crippen LogP contribution in [0.15, 0.2) is 30.5 Å². The predicted octanol–water partition coefficient (Wildman–Crippen LogP) is 2.03. The van der Waals surface area contributed by atoms with Crippen LogP contribution < -0.4 is 10.1 Å². The average molecular weight is 245 g/mol. The van der Waals surface area contributed by atoms with Crippen molar-refractivity contribution in [2.75, 3.05) is 7.11 Å². The van der Waals surface area contributed by atoms with Crippen LogP contribution >= 0.6 is 0 Å². The second-order valence-corrected chi connectivity index (χ2v) is 4.33. The zero-order valence-electron chi connectivity index (χ0n) is 11.1. The van der Waals surface area contributed by atoms with Gasteiger partial charge in [0.05, 0.1) is 13.3 Å². The molecule has 2 aromatic rings. The third-order valence-electron chi connectivity index (χ3n) is 3.12. The number of ether oxygens (including phenoxy) is 1. The summed E-state index contributed by atoms with van der Waals surface area (Å²) in [6, 6.07) is 8.09. The minimum atomic E-state index is 0.825. The standard InChI is InChI=1S/C14H19N3O/c1-11-13(10-16-17(11)2)9-15-8-12-5-4-6-14(7-12)18-3/h4-7,10,15H,8-9H2,1-3H3. The van der Waals surface area contributed by atoms with Crippen LogP contribution in [-0.2, 0) is 20.1 Å². The van der Waals surface area contributed by atoms with Gasteiger partial charge in [-0.25, -0.2) is 0 Å². The Hall–Kier alpha value is -1.81. The van der Waals surface area contributed by atoms with Crippen molar-refractivity contribution in [3.8, 4) is 5.75 Å². The Kier molecular flexibility index (Phi) is 3.99. The largest absolute Gasteiger partial charge is 0.497 e. The Bertz CT molecular complexity index is 520. The van der Waals surface area contributed by atoms with Crippen LogP contribution in [0.25, 0.3) is 0 Å². The number of aromatic nitrogens is 2. The number of benzene rings is 1. The van der Waals surface area contributed by atoms with Crippen LogP contribution in [-0.4, -0.2) is 16.9 Å². The van der Waals surface area contributed by atoms with Gasteiger partial charge in [0, 0.05) is 31.4 Å². The van der Waals surface area contributed by atoms with Crippen molar-refractivity contribution < 1.29 is 4.74 Å². The molecule has 0 spiro atoms. The zero-order valence-corrected chi connectivity index (χ0v) is 11.1. The SMILES string of the molecule is COc1cccc(CNCc2cnn(C)c2C)c1. The molecule has 96 valence electrons. The van der Waals surface area contributed by atoms with Crippen molar-refractivity contribution in [2.45, 2.75) is 20.0 Å². The molecule has 0 aliphatic heterocycles. The maximum absolute atomic E-state index is 5.20. The molecule has 1 N–H and O–H groups in total. The van der Waals surface area contributed by atoms with E-state index in [2.05, 4.69) is 23.4 Å². The lowest BCUT2D eigenvalue weighted by molar-refractivity contribution is 0.414. The highest BCUT2D eigenvalue weighted by atomic mass is 16.5. The summed E-state index contributed by atoms with van der Waals surface area (Å²) in [6.45, 7) is 3.73. The van der Waals surface area contributed by atoms with Crippen molar-refractivity contribution in [3.63, 3.8) is 0 Å². The van der Waals surface area contributed by atoms with E-state index in [1.54, 1.807) is 7.11 Å². The van der Waals surface area contributed by atoms with Crippen LogP contribution in [0.4, 0.5) is 0 Å². The summed E-state index contributed by atoms with van der Waals surface area (Å²) in [5.41, 5.74) is 3.66. The number of hydrogen-bond donors (Lipinski definition) is 1. The van der Waals surface area contributed by atoms with Crippen LogP contribution in [0.5, 0.6) is 5.75 Å². The van der Waals surface area contributed by atoms with E-state index in [4.69, 9.17) is 4.74 Å². The highest BCUT2D eigenvalue weighted by molar-refractivity contribution is 5.28. The Labute approximate surface area is 108 Å². The van der Waals surface area contributed by atoms with Crippen LogP contribution in [0.1, 0.15) is 16.8 Å². The molecule has 0 amide bonds. The Morgan fingerprint density at radius 2 is 2.17 bits per heavy atom. The van der Waals surface area contributed by atoms with E-state index < -0.39 is 0 Å². The number of hydrogen-bond acceptors (Lipinski definition) is 3. The first kappa shape index (κ1) is 12.6. The second kappa shape index (κ2) is 5.69. The first-order valence-corrected chi connectivity index (χ1v) is 6.02. The number of nitrogens with one attached hydrogen (secondary N) is 1. The van der Waals surface area contributed by atoms with Crippen molar-refractivity contribution in [1.29, 1.82) is 0 Å². The lowest BCUT2D eigenvalue weighted by atomic mass is 10.2. The smallest absolute Gasteiger partial charge is 0.119 e. The summed E-state index contributed by atoms with van der Waals surface area (Å²) in [7, 11) is 3.65. The molecule has 0 atom stereocenters. The number of aryl methyl sites for hydroxylation is 1. The molecule has 0 fully saturated rings. The quantitative estimate of drug-likeness (QED) is 0.876. The molecule has 18 heavy (non-hydrogen) atoms. The molecule has 4 nitrogen and oxygen atoms in total. The summed E-state index contributed by atoms with van der Waals surface area (Å²) in [6.07, 6.45) is 1.91. The van der Waals surface area contributed by atoms with Crippen LogP contribution in [0.3, 0.4) is 0 Å². The summed E-state index contributed by atoms with van der Waals surface area (Å²) in [4.78, 5) is 0. The molecule has 0 aliphatic carbocycles. The minimum absolute atomic E-state index is 0.825. The molecule has 0 radical (unpaired) electrons. The van der Waals surface area contributed by atoms with Crippen molar-refractivity contribution in [3.05, 3.63) is 47.3 Å². The molecular weight excluding hydrogens is 226 g/mol. The van der Waals surface area contributed by atoms with Gasteiger partial charge in [-0.3, -0.25) is 4.68 Å². The van der Waals surface area contributed by atoms with Gasteiger partial charge >= 0.3 is 0 Å². The molecular formula is C14H19N3O. The van der Waals surface area contributed by atoms with E-state index in [0.717, 1.165) is 18.8 Å². The third kappa shape index (κ3) is 2.90. The van der Waals surface area contributed by atoms with Gasteiger partial charge in [0.15, 0.2) is 0 Å². The predicted molar refractivity (Wildman–Crippen MR) is 71.5 cm³/mol. The summed E-state index contributed by atoms with van der Waals surface area (Å²) in [5.74, 6) is 0.895. The Balaban J connectivity index is 1.90. The van der Waals surface area contributed by atoms with Crippen molar-refractivity contribution in [1.82, 2.24) is 15.1 Å². The fourth-order valence-corrected chi connectivity index (χ4v) is 1.84. The van der Waals surface area contributed by atoms with E-state index >= 15 is 0 Å². The maximum Gasteiger partial charge on any atom is 0.119 e. The fourth-order valence-electron chi connectivity index (χ4n) is 1.84. The normalized spacial score (nSPS) is 10.6. The van der Waals surface area contributed by atoms with Gasteiger partial charge in [0.2, 0.25) is 0 Å². The fraction of sp³-hybridized carbons (Fsp3) is 0.357. The molecule has 0 aliphatic rings. The van der Waals surface area contributed by atoms with Crippen molar-refractivity contribution in [2.24, 2.45) is 7.05 Å².